The lowest BCUT2D eigenvalue weighted by Crippen LogP contribution is -2.46. The number of ketones is 1. The zero-order valence-electron chi connectivity index (χ0n) is 22.2. The Bertz CT molecular complexity index is 905. The van der Waals surface area contributed by atoms with Gasteiger partial charge in [-0.1, -0.05) is 45.4 Å². The van der Waals surface area contributed by atoms with Crippen molar-refractivity contribution in [1.29, 1.82) is 0 Å². The second-order valence-corrected chi connectivity index (χ2v) is 10.6. The van der Waals surface area contributed by atoms with Gasteiger partial charge < -0.3 is 14.9 Å². The van der Waals surface area contributed by atoms with Gasteiger partial charge in [-0.2, -0.15) is 0 Å². The van der Waals surface area contributed by atoms with E-state index in [2.05, 4.69) is 18.0 Å². The first-order valence-electron chi connectivity index (χ1n) is 12.8. The van der Waals surface area contributed by atoms with Crippen LogP contribution in [0.25, 0.3) is 6.08 Å². The van der Waals surface area contributed by atoms with Gasteiger partial charge >= 0.3 is 5.97 Å². The van der Waals surface area contributed by atoms with Gasteiger partial charge in [0.2, 0.25) is 0 Å². The maximum Gasteiger partial charge on any atom is 0.309 e. The number of carbonyl (C=O) groups is 2. The first-order chi connectivity index (χ1) is 16.5. The molecule has 0 unspecified atom stereocenters. The molecule has 5 atom stereocenters. The van der Waals surface area contributed by atoms with E-state index in [0.717, 1.165) is 30.5 Å². The van der Waals surface area contributed by atoms with Crippen LogP contribution in [-0.4, -0.2) is 45.3 Å². The lowest BCUT2D eigenvalue weighted by atomic mass is 9.71. The van der Waals surface area contributed by atoms with Gasteiger partial charge in [-0.3, -0.25) is 14.6 Å². The Morgan fingerprint density at radius 3 is 2.60 bits per heavy atom. The van der Waals surface area contributed by atoms with Gasteiger partial charge in [-0.15, -0.1) is 0 Å². The molecule has 2 N–H and O–H groups in total. The molecule has 1 aliphatic heterocycles. The monoisotopic (exact) mass is 485 g/mol. The van der Waals surface area contributed by atoms with Crippen LogP contribution >= 0.6 is 0 Å². The van der Waals surface area contributed by atoms with Crippen molar-refractivity contribution in [1.82, 2.24) is 4.98 Å². The highest BCUT2D eigenvalue weighted by Crippen LogP contribution is 2.34. The topological polar surface area (TPSA) is 96.7 Å². The summed E-state index contributed by atoms with van der Waals surface area (Å²) in [5.74, 6) is -1.41. The van der Waals surface area contributed by atoms with E-state index in [1.807, 2.05) is 45.0 Å². The highest BCUT2D eigenvalue weighted by atomic mass is 16.5. The van der Waals surface area contributed by atoms with Gasteiger partial charge in [0.05, 0.1) is 29.7 Å². The molecule has 6 heteroatoms. The van der Waals surface area contributed by atoms with Crippen LogP contribution in [0.3, 0.4) is 0 Å². The van der Waals surface area contributed by atoms with E-state index in [-0.39, 0.29) is 18.1 Å². The molecule has 0 bridgehead atoms. The molecule has 0 aromatic carbocycles. The Labute approximate surface area is 210 Å². The number of hydrogen-bond acceptors (Lipinski definition) is 6. The molecule has 0 spiro atoms. The average molecular weight is 486 g/mol. The molecular weight excluding hydrogens is 442 g/mol. The van der Waals surface area contributed by atoms with Gasteiger partial charge in [-0.05, 0) is 69.2 Å². The van der Waals surface area contributed by atoms with E-state index in [1.54, 1.807) is 20.0 Å². The number of rotatable bonds is 3. The van der Waals surface area contributed by atoms with E-state index in [1.165, 1.54) is 5.57 Å². The molecule has 0 aliphatic carbocycles. The Morgan fingerprint density at radius 2 is 1.97 bits per heavy atom. The standard InChI is InChI=1S/C29H43NO5/c1-7-23-27(33)20(3)12-10-11-19(2)14-15-24(21(4)17-22-13-8-9-16-30-22)35-26(32)18-25(31)29(5,6)28(23)34/h8-9,13-14,16-17,20,23-25,27,31,33H,7,10-12,15,18H2,1-6H3/t20-,23+,24-,25-,27-/m0/s1. The molecule has 2 heterocycles. The summed E-state index contributed by atoms with van der Waals surface area (Å²) in [6, 6.07) is 5.64. The van der Waals surface area contributed by atoms with Crippen LogP contribution < -0.4 is 0 Å². The van der Waals surface area contributed by atoms with E-state index in [4.69, 9.17) is 4.74 Å². The van der Waals surface area contributed by atoms with Crippen molar-refractivity contribution in [2.24, 2.45) is 17.3 Å². The second-order valence-electron chi connectivity index (χ2n) is 10.6. The van der Waals surface area contributed by atoms with Crippen molar-refractivity contribution in [2.45, 2.75) is 98.4 Å². The number of aliphatic hydroxyl groups excluding tert-OH is 2. The minimum atomic E-state index is -1.22. The highest BCUT2D eigenvalue weighted by molar-refractivity contribution is 5.88. The number of cyclic esters (lactones) is 1. The maximum absolute atomic E-state index is 13.4. The van der Waals surface area contributed by atoms with Crippen molar-refractivity contribution in [2.75, 3.05) is 0 Å². The number of ether oxygens (including phenoxy) is 1. The summed E-state index contributed by atoms with van der Waals surface area (Å²) in [6.45, 7) is 11.1. The van der Waals surface area contributed by atoms with Crippen molar-refractivity contribution >= 4 is 17.8 Å². The average Bonchev–Trinajstić information content (AvgIpc) is 2.81. The highest BCUT2D eigenvalue weighted by Gasteiger charge is 2.43. The first kappa shape index (κ1) is 28.9. The first-order valence-corrected chi connectivity index (χ1v) is 12.8. The summed E-state index contributed by atoms with van der Waals surface area (Å²) < 4.78 is 5.82. The third-order valence-corrected chi connectivity index (χ3v) is 7.36. The molecule has 1 aromatic heterocycles. The number of nitrogens with zero attached hydrogens (tertiary/aromatic N) is 1. The minimum absolute atomic E-state index is 0.0428. The smallest absolute Gasteiger partial charge is 0.309 e. The molecule has 0 saturated carbocycles. The van der Waals surface area contributed by atoms with Crippen LogP contribution in [0, 0.1) is 17.3 Å². The quantitative estimate of drug-likeness (QED) is 0.446. The minimum Gasteiger partial charge on any atom is -0.457 e. The molecule has 0 saturated heterocycles. The third-order valence-electron chi connectivity index (χ3n) is 7.36. The zero-order valence-corrected chi connectivity index (χ0v) is 22.2. The van der Waals surface area contributed by atoms with Gasteiger partial charge in [0.15, 0.2) is 0 Å². The van der Waals surface area contributed by atoms with Crippen LogP contribution in [0.1, 0.15) is 85.8 Å². The molecule has 2 rings (SSSR count). The predicted octanol–water partition coefficient (Wildman–Crippen LogP) is 5.29. The number of allylic oxidation sites excluding steroid dienone is 1. The molecule has 6 nitrogen and oxygen atoms in total. The molecule has 0 fully saturated rings. The second kappa shape index (κ2) is 13.1. The van der Waals surface area contributed by atoms with E-state index in [0.29, 0.717) is 12.8 Å². The van der Waals surface area contributed by atoms with Crippen molar-refractivity contribution in [3.8, 4) is 0 Å². The third kappa shape index (κ3) is 8.11. The fraction of sp³-hybridized carbons (Fsp3) is 0.621. The summed E-state index contributed by atoms with van der Waals surface area (Å²) in [7, 11) is 0. The van der Waals surface area contributed by atoms with Crippen LogP contribution in [0.15, 0.2) is 41.6 Å². The van der Waals surface area contributed by atoms with Crippen LogP contribution in [-0.2, 0) is 14.3 Å². The van der Waals surface area contributed by atoms with Gasteiger partial charge in [0, 0.05) is 18.5 Å². The lowest BCUT2D eigenvalue weighted by molar-refractivity contribution is -0.154. The summed E-state index contributed by atoms with van der Waals surface area (Å²) in [5, 5.41) is 21.9. The van der Waals surface area contributed by atoms with E-state index >= 15 is 0 Å². The molecular formula is C29H43NO5. The Morgan fingerprint density at radius 1 is 1.26 bits per heavy atom. The number of aliphatic hydroxyl groups is 2. The molecule has 0 radical (unpaired) electrons. The fourth-order valence-corrected chi connectivity index (χ4v) is 4.64. The number of hydrogen-bond donors (Lipinski definition) is 2. The molecule has 1 aliphatic rings. The van der Waals surface area contributed by atoms with Crippen molar-refractivity contribution in [3.05, 3.63) is 47.3 Å². The van der Waals surface area contributed by atoms with Crippen LogP contribution in [0.5, 0.6) is 0 Å². The number of pyridine rings is 1. The van der Waals surface area contributed by atoms with Gasteiger partial charge in [-0.25, -0.2) is 0 Å². The van der Waals surface area contributed by atoms with Crippen LogP contribution in [0.2, 0.25) is 0 Å². The Hall–Kier alpha value is -2.31. The number of Topliss-reactive ketones (excluding diaryl/α,β-unsaturated/α-hetero) is 1. The summed E-state index contributed by atoms with van der Waals surface area (Å²) >= 11 is 0. The zero-order chi connectivity index (χ0) is 26.2. The van der Waals surface area contributed by atoms with E-state index < -0.39 is 35.6 Å². The van der Waals surface area contributed by atoms with Gasteiger partial charge in [0.1, 0.15) is 11.9 Å². The lowest BCUT2D eigenvalue weighted by Gasteiger charge is -2.35. The SMILES string of the molecule is CC[C@H]1C(=O)C(C)(C)[C@@H](O)CC(=O)O[C@H](C(C)=Cc2ccccn2)CC=C(C)CCC[C@H](C)[C@@H]1O. The van der Waals surface area contributed by atoms with Crippen LogP contribution in [0.4, 0.5) is 0 Å². The maximum atomic E-state index is 13.4. The van der Waals surface area contributed by atoms with E-state index in [9.17, 15) is 19.8 Å². The number of aromatic nitrogens is 1. The largest absolute Gasteiger partial charge is 0.457 e. The Kier molecular flexibility index (Phi) is 10.8. The molecule has 1 aromatic rings. The molecule has 194 valence electrons. The summed E-state index contributed by atoms with van der Waals surface area (Å²) in [6.07, 6.45) is 6.47. The Balaban J connectivity index is 2.36. The summed E-state index contributed by atoms with van der Waals surface area (Å²) in [4.78, 5) is 30.6. The van der Waals surface area contributed by atoms with Gasteiger partial charge in [0.25, 0.3) is 0 Å². The normalized spacial score (nSPS) is 29.9. The number of carbonyl (C=O) groups excluding carboxylic acids is 2. The van der Waals surface area contributed by atoms with Crippen molar-refractivity contribution < 1.29 is 24.5 Å². The fourth-order valence-electron chi connectivity index (χ4n) is 4.64. The summed E-state index contributed by atoms with van der Waals surface area (Å²) in [5.41, 5.74) is 1.63. The number of esters is 1. The van der Waals surface area contributed by atoms with Crippen molar-refractivity contribution in [3.63, 3.8) is 0 Å². The predicted molar refractivity (Wildman–Crippen MR) is 138 cm³/mol. The molecule has 35 heavy (non-hydrogen) atoms. The molecule has 0 amide bonds.